The van der Waals surface area contributed by atoms with Crippen molar-refractivity contribution in [2.45, 2.75) is 11.6 Å². The van der Waals surface area contributed by atoms with Crippen molar-refractivity contribution in [1.29, 1.82) is 0 Å². The van der Waals surface area contributed by atoms with Crippen molar-refractivity contribution in [3.8, 4) is 0 Å². The molecule has 3 N–H and O–H groups in total. The molecule has 0 fully saturated rings. The van der Waals surface area contributed by atoms with Crippen LogP contribution in [0.4, 0.5) is 0 Å². The van der Waals surface area contributed by atoms with Crippen LogP contribution in [-0.4, -0.2) is 23.7 Å². The van der Waals surface area contributed by atoms with Gasteiger partial charge >= 0.3 is 0 Å². The van der Waals surface area contributed by atoms with E-state index in [1.165, 1.54) is 0 Å². The molecule has 0 unspecified atom stereocenters. The van der Waals surface area contributed by atoms with E-state index in [-0.39, 0.29) is 0 Å². The van der Waals surface area contributed by atoms with Gasteiger partial charge in [0.15, 0.2) is 5.96 Å². The van der Waals surface area contributed by atoms with Gasteiger partial charge in [-0.2, -0.15) is 0 Å². The first kappa shape index (κ1) is 12.6. The van der Waals surface area contributed by atoms with Gasteiger partial charge in [-0.15, -0.1) is 18.3 Å². The van der Waals surface area contributed by atoms with Gasteiger partial charge in [0, 0.05) is 12.7 Å². The number of pyridine rings is 1. The SMILES string of the molecule is C=CCNC(N)=NCc1ccnc(SC)c1. The maximum Gasteiger partial charge on any atom is 0.189 e. The van der Waals surface area contributed by atoms with Crippen LogP contribution in [0.5, 0.6) is 0 Å². The summed E-state index contributed by atoms with van der Waals surface area (Å²) in [7, 11) is 0. The van der Waals surface area contributed by atoms with Crippen molar-refractivity contribution in [2.24, 2.45) is 10.7 Å². The number of aliphatic imine (C=N–C) groups is 1. The number of nitrogens with two attached hydrogens (primary N) is 1. The van der Waals surface area contributed by atoms with Gasteiger partial charge in [-0.05, 0) is 24.0 Å². The second-order valence-electron chi connectivity index (χ2n) is 3.08. The fourth-order valence-electron chi connectivity index (χ4n) is 1.07. The topological polar surface area (TPSA) is 63.3 Å². The average Bonchev–Trinajstić information content (AvgIpc) is 2.34. The van der Waals surface area contributed by atoms with Crippen LogP contribution in [0.2, 0.25) is 0 Å². The second kappa shape index (κ2) is 6.90. The summed E-state index contributed by atoms with van der Waals surface area (Å²) in [5, 5.41) is 3.91. The summed E-state index contributed by atoms with van der Waals surface area (Å²) in [5.41, 5.74) is 6.75. The molecule has 0 aromatic carbocycles. The summed E-state index contributed by atoms with van der Waals surface area (Å²) in [5.74, 6) is 0.433. The summed E-state index contributed by atoms with van der Waals surface area (Å²) in [4.78, 5) is 8.39. The van der Waals surface area contributed by atoms with E-state index < -0.39 is 0 Å². The molecule has 0 saturated carbocycles. The van der Waals surface area contributed by atoms with Crippen molar-refractivity contribution >= 4 is 17.7 Å². The summed E-state index contributed by atoms with van der Waals surface area (Å²) in [6.45, 7) is 4.78. The van der Waals surface area contributed by atoms with Crippen molar-refractivity contribution in [3.63, 3.8) is 0 Å². The van der Waals surface area contributed by atoms with E-state index in [0.29, 0.717) is 19.0 Å². The molecule has 1 aromatic rings. The number of hydrogen-bond acceptors (Lipinski definition) is 3. The fourth-order valence-corrected chi connectivity index (χ4v) is 1.51. The van der Waals surface area contributed by atoms with E-state index in [1.807, 2.05) is 18.4 Å². The zero-order chi connectivity index (χ0) is 11.8. The molecule has 0 radical (unpaired) electrons. The van der Waals surface area contributed by atoms with Crippen LogP contribution in [0.15, 0.2) is 41.0 Å². The Kier molecular flexibility index (Phi) is 5.42. The number of rotatable bonds is 5. The normalized spacial score (nSPS) is 11.2. The van der Waals surface area contributed by atoms with Gasteiger partial charge < -0.3 is 11.1 Å². The van der Waals surface area contributed by atoms with Crippen LogP contribution in [0.1, 0.15) is 5.56 Å². The summed E-state index contributed by atoms with van der Waals surface area (Å²) in [6.07, 6.45) is 5.51. The highest BCUT2D eigenvalue weighted by Crippen LogP contribution is 2.12. The molecule has 0 bridgehead atoms. The number of thioether (sulfide) groups is 1. The lowest BCUT2D eigenvalue weighted by Gasteiger charge is -2.03. The Balaban J connectivity index is 2.55. The second-order valence-corrected chi connectivity index (χ2v) is 3.90. The minimum atomic E-state index is 0.433. The lowest BCUT2D eigenvalue weighted by molar-refractivity contribution is 0.958. The average molecular weight is 236 g/mol. The van der Waals surface area contributed by atoms with Gasteiger partial charge in [0.1, 0.15) is 0 Å². The number of aromatic nitrogens is 1. The number of nitrogens with zero attached hydrogens (tertiary/aromatic N) is 2. The lowest BCUT2D eigenvalue weighted by Crippen LogP contribution is -2.31. The molecule has 4 nitrogen and oxygen atoms in total. The first-order valence-corrected chi connectivity index (χ1v) is 6.12. The van der Waals surface area contributed by atoms with Gasteiger partial charge in [-0.25, -0.2) is 9.98 Å². The van der Waals surface area contributed by atoms with Crippen LogP contribution in [-0.2, 0) is 6.54 Å². The van der Waals surface area contributed by atoms with E-state index in [2.05, 4.69) is 21.9 Å². The molecule has 0 saturated heterocycles. The standard InChI is InChI=1S/C11H16N4S/c1-3-5-14-11(12)15-8-9-4-6-13-10(7-9)16-2/h3-4,6-7H,1,5,8H2,2H3,(H3,12,14,15). The molecule has 0 spiro atoms. The monoisotopic (exact) mass is 236 g/mol. The first-order valence-electron chi connectivity index (χ1n) is 4.90. The fraction of sp³-hybridized carbons (Fsp3) is 0.273. The summed E-state index contributed by atoms with van der Waals surface area (Å²) >= 11 is 1.61. The molecular formula is C11H16N4S. The zero-order valence-electron chi connectivity index (χ0n) is 9.31. The molecule has 1 heterocycles. The molecular weight excluding hydrogens is 220 g/mol. The maximum absolute atomic E-state index is 5.65. The quantitative estimate of drug-likeness (QED) is 0.351. The Labute approximate surface area is 100 Å². The minimum absolute atomic E-state index is 0.433. The number of guanidine groups is 1. The Hall–Kier alpha value is -1.49. The highest BCUT2D eigenvalue weighted by molar-refractivity contribution is 7.98. The molecule has 86 valence electrons. The highest BCUT2D eigenvalue weighted by atomic mass is 32.2. The summed E-state index contributed by atoms with van der Waals surface area (Å²) < 4.78 is 0. The largest absolute Gasteiger partial charge is 0.370 e. The molecule has 0 amide bonds. The Morgan fingerprint density at radius 3 is 3.25 bits per heavy atom. The van der Waals surface area contributed by atoms with Gasteiger partial charge in [0.05, 0.1) is 11.6 Å². The van der Waals surface area contributed by atoms with E-state index in [9.17, 15) is 0 Å². The van der Waals surface area contributed by atoms with Crippen molar-refractivity contribution in [3.05, 3.63) is 36.5 Å². The van der Waals surface area contributed by atoms with E-state index >= 15 is 0 Å². The molecule has 5 heteroatoms. The third-order valence-electron chi connectivity index (χ3n) is 1.87. The molecule has 0 atom stereocenters. The van der Waals surface area contributed by atoms with Crippen molar-refractivity contribution in [1.82, 2.24) is 10.3 Å². The number of hydrogen-bond donors (Lipinski definition) is 2. The molecule has 1 aromatic heterocycles. The van der Waals surface area contributed by atoms with Gasteiger partial charge in [0.25, 0.3) is 0 Å². The Morgan fingerprint density at radius 1 is 1.75 bits per heavy atom. The van der Waals surface area contributed by atoms with Crippen LogP contribution in [0, 0.1) is 0 Å². The molecule has 16 heavy (non-hydrogen) atoms. The van der Waals surface area contributed by atoms with E-state index in [4.69, 9.17) is 5.73 Å². The first-order chi connectivity index (χ1) is 7.76. The van der Waals surface area contributed by atoms with Crippen LogP contribution in [0.3, 0.4) is 0 Å². The van der Waals surface area contributed by atoms with Crippen molar-refractivity contribution < 1.29 is 0 Å². The molecule has 1 rings (SSSR count). The van der Waals surface area contributed by atoms with E-state index in [0.717, 1.165) is 10.6 Å². The Bertz CT molecular complexity index is 376. The summed E-state index contributed by atoms with van der Waals surface area (Å²) in [6, 6.07) is 3.94. The predicted octanol–water partition coefficient (Wildman–Crippen LogP) is 1.39. The molecule has 0 aliphatic rings. The molecule has 0 aliphatic carbocycles. The van der Waals surface area contributed by atoms with Gasteiger partial charge in [-0.1, -0.05) is 6.08 Å². The number of nitrogens with one attached hydrogen (secondary N) is 1. The zero-order valence-corrected chi connectivity index (χ0v) is 10.1. The third kappa shape index (κ3) is 4.35. The van der Waals surface area contributed by atoms with Crippen molar-refractivity contribution in [2.75, 3.05) is 12.8 Å². The van der Waals surface area contributed by atoms with Gasteiger partial charge in [0.2, 0.25) is 0 Å². The Morgan fingerprint density at radius 2 is 2.56 bits per heavy atom. The minimum Gasteiger partial charge on any atom is -0.370 e. The predicted molar refractivity (Wildman–Crippen MR) is 69.5 cm³/mol. The van der Waals surface area contributed by atoms with Gasteiger partial charge in [-0.3, -0.25) is 0 Å². The highest BCUT2D eigenvalue weighted by Gasteiger charge is 1.95. The van der Waals surface area contributed by atoms with Crippen LogP contribution in [0.25, 0.3) is 0 Å². The smallest absolute Gasteiger partial charge is 0.189 e. The van der Waals surface area contributed by atoms with Crippen LogP contribution < -0.4 is 11.1 Å². The molecule has 0 aliphatic heterocycles. The van der Waals surface area contributed by atoms with Crippen LogP contribution >= 0.6 is 11.8 Å². The maximum atomic E-state index is 5.65. The third-order valence-corrected chi connectivity index (χ3v) is 2.51. The lowest BCUT2D eigenvalue weighted by atomic mass is 10.3. The van der Waals surface area contributed by atoms with E-state index in [1.54, 1.807) is 24.0 Å².